The predicted octanol–water partition coefficient (Wildman–Crippen LogP) is 1.41. The van der Waals surface area contributed by atoms with Gasteiger partial charge in [0.2, 0.25) is 0 Å². The van der Waals surface area contributed by atoms with Crippen LogP contribution in [0, 0.1) is 0 Å². The first-order valence-electron chi connectivity index (χ1n) is 3.62. The zero-order chi connectivity index (χ0) is 9.47. The van der Waals surface area contributed by atoms with Crippen LogP contribution >= 0.6 is 0 Å². The summed E-state index contributed by atoms with van der Waals surface area (Å²) in [5, 5.41) is 0.505. The van der Waals surface area contributed by atoms with E-state index in [-0.39, 0.29) is 4.90 Å². The van der Waals surface area contributed by atoms with E-state index in [1.807, 2.05) is 0 Å². The van der Waals surface area contributed by atoms with Crippen LogP contribution in [0.4, 0.5) is 0 Å². The first-order valence-corrected chi connectivity index (χ1v) is 5.06. The summed E-state index contributed by atoms with van der Waals surface area (Å²) >= 11 is 0. The molecule has 0 aliphatic rings. The van der Waals surface area contributed by atoms with Crippen molar-refractivity contribution in [3.05, 3.63) is 30.5 Å². The minimum absolute atomic E-state index is 0.0805. The standard InChI is InChI=1S/C8H7NO3S/c10-13(11,12)8-5-9-7-4-2-1-3-6(7)8/h1-5,9H,(H,10,11,12). The lowest BCUT2D eigenvalue weighted by atomic mass is 10.2. The Bertz CT molecular complexity index is 541. The summed E-state index contributed by atoms with van der Waals surface area (Å²) in [6.45, 7) is 0. The van der Waals surface area contributed by atoms with Crippen molar-refractivity contribution < 1.29 is 13.0 Å². The Hall–Kier alpha value is -1.33. The molecular formula is C8H7NO3S. The van der Waals surface area contributed by atoms with E-state index in [4.69, 9.17) is 4.55 Å². The molecule has 0 amide bonds. The molecule has 0 fully saturated rings. The number of aromatic nitrogens is 1. The van der Waals surface area contributed by atoms with Gasteiger partial charge in [-0.3, -0.25) is 4.55 Å². The first kappa shape index (κ1) is 8.28. The Balaban J connectivity index is 2.87. The minimum atomic E-state index is -4.12. The molecule has 1 aromatic carbocycles. The molecule has 0 atom stereocenters. The van der Waals surface area contributed by atoms with Crippen molar-refractivity contribution in [2.45, 2.75) is 4.90 Å². The highest BCUT2D eigenvalue weighted by Gasteiger charge is 2.14. The predicted molar refractivity (Wildman–Crippen MR) is 48.1 cm³/mol. The van der Waals surface area contributed by atoms with Gasteiger partial charge < -0.3 is 4.98 Å². The topological polar surface area (TPSA) is 70.2 Å². The molecule has 2 aromatic rings. The second kappa shape index (κ2) is 2.58. The molecule has 0 bridgehead atoms. The number of para-hydroxylation sites is 1. The molecule has 5 heteroatoms. The molecule has 0 saturated heterocycles. The molecule has 13 heavy (non-hydrogen) atoms. The van der Waals surface area contributed by atoms with Crippen LogP contribution in [0.15, 0.2) is 35.4 Å². The number of rotatable bonds is 1. The Labute approximate surface area is 75.0 Å². The van der Waals surface area contributed by atoms with Gasteiger partial charge in [-0.05, 0) is 6.07 Å². The summed E-state index contributed by atoms with van der Waals surface area (Å²) < 4.78 is 30.5. The number of fused-ring (bicyclic) bond motifs is 1. The zero-order valence-electron chi connectivity index (χ0n) is 6.56. The minimum Gasteiger partial charge on any atom is -0.360 e. The number of hydrogen-bond donors (Lipinski definition) is 2. The quantitative estimate of drug-likeness (QED) is 0.679. The Morgan fingerprint density at radius 1 is 1.23 bits per heavy atom. The van der Waals surface area contributed by atoms with Crippen LogP contribution in [0.1, 0.15) is 0 Å². The average molecular weight is 197 g/mol. The van der Waals surface area contributed by atoms with Gasteiger partial charge in [0.25, 0.3) is 10.1 Å². The van der Waals surface area contributed by atoms with Crippen LogP contribution in [0.2, 0.25) is 0 Å². The third-order valence-corrected chi connectivity index (χ3v) is 2.72. The molecule has 68 valence electrons. The summed E-state index contributed by atoms with van der Waals surface area (Å²) in [6.07, 6.45) is 1.28. The third-order valence-electron chi connectivity index (χ3n) is 1.83. The highest BCUT2D eigenvalue weighted by molar-refractivity contribution is 7.86. The van der Waals surface area contributed by atoms with Crippen LogP contribution in [0.5, 0.6) is 0 Å². The maximum atomic E-state index is 10.8. The molecule has 0 unspecified atom stereocenters. The largest absolute Gasteiger partial charge is 0.360 e. The maximum absolute atomic E-state index is 10.8. The van der Waals surface area contributed by atoms with E-state index in [0.717, 1.165) is 0 Å². The Kier molecular flexibility index (Phi) is 1.64. The van der Waals surface area contributed by atoms with E-state index in [1.165, 1.54) is 6.20 Å². The first-order chi connectivity index (χ1) is 6.09. The molecular weight excluding hydrogens is 190 g/mol. The van der Waals surface area contributed by atoms with Gasteiger partial charge in [-0.15, -0.1) is 0 Å². The fourth-order valence-electron chi connectivity index (χ4n) is 1.26. The van der Waals surface area contributed by atoms with Gasteiger partial charge >= 0.3 is 0 Å². The molecule has 0 aliphatic carbocycles. The second-order valence-electron chi connectivity index (χ2n) is 2.67. The number of nitrogens with one attached hydrogen (secondary N) is 1. The fourth-order valence-corrected chi connectivity index (χ4v) is 1.92. The van der Waals surface area contributed by atoms with Crippen LogP contribution in [-0.2, 0) is 10.1 Å². The van der Waals surface area contributed by atoms with Gasteiger partial charge in [0, 0.05) is 17.1 Å². The van der Waals surface area contributed by atoms with Gasteiger partial charge in [0.15, 0.2) is 0 Å². The van der Waals surface area contributed by atoms with E-state index in [0.29, 0.717) is 10.9 Å². The van der Waals surface area contributed by atoms with Gasteiger partial charge in [0.1, 0.15) is 4.90 Å². The van der Waals surface area contributed by atoms with Crippen molar-refractivity contribution in [2.24, 2.45) is 0 Å². The van der Waals surface area contributed by atoms with Crippen LogP contribution in [0.25, 0.3) is 10.9 Å². The van der Waals surface area contributed by atoms with Crippen molar-refractivity contribution in [2.75, 3.05) is 0 Å². The third kappa shape index (κ3) is 1.32. The SMILES string of the molecule is O=S(=O)(O)c1c[nH]c2ccccc12. The van der Waals surface area contributed by atoms with Gasteiger partial charge in [-0.1, -0.05) is 18.2 Å². The van der Waals surface area contributed by atoms with E-state index in [1.54, 1.807) is 24.3 Å². The normalized spacial score (nSPS) is 12.1. The van der Waals surface area contributed by atoms with E-state index in [9.17, 15) is 8.42 Å². The molecule has 2 rings (SSSR count). The second-order valence-corrected chi connectivity index (χ2v) is 4.06. The molecule has 0 saturated carbocycles. The summed E-state index contributed by atoms with van der Waals surface area (Å²) in [7, 11) is -4.12. The van der Waals surface area contributed by atoms with Gasteiger partial charge in [0.05, 0.1) is 0 Å². The lowest BCUT2D eigenvalue weighted by molar-refractivity contribution is 0.484. The number of aromatic amines is 1. The average Bonchev–Trinajstić information content (AvgIpc) is 2.45. The number of hydrogen-bond acceptors (Lipinski definition) is 2. The van der Waals surface area contributed by atoms with E-state index in [2.05, 4.69) is 4.98 Å². The molecule has 0 spiro atoms. The maximum Gasteiger partial charge on any atom is 0.296 e. The van der Waals surface area contributed by atoms with E-state index < -0.39 is 10.1 Å². The van der Waals surface area contributed by atoms with Gasteiger partial charge in [-0.2, -0.15) is 8.42 Å². The zero-order valence-corrected chi connectivity index (χ0v) is 7.38. The van der Waals surface area contributed by atoms with Crippen molar-refractivity contribution in [1.82, 2.24) is 4.98 Å². The van der Waals surface area contributed by atoms with Crippen LogP contribution < -0.4 is 0 Å². The van der Waals surface area contributed by atoms with Crippen molar-refractivity contribution in [3.63, 3.8) is 0 Å². The van der Waals surface area contributed by atoms with Crippen molar-refractivity contribution in [1.29, 1.82) is 0 Å². The molecule has 0 radical (unpaired) electrons. The molecule has 4 nitrogen and oxygen atoms in total. The Morgan fingerprint density at radius 3 is 2.62 bits per heavy atom. The highest BCUT2D eigenvalue weighted by Crippen LogP contribution is 2.21. The molecule has 1 heterocycles. The molecule has 1 aromatic heterocycles. The smallest absolute Gasteiger partial charge is 0.296 e. The summed E-state index contributed by atoms with van der Waals surface area (Å²) in [5.41, 5.74) is 0.690. The van der Waals surface area contributed by atoms with Crippen LogP contribution in [-0.4, -0.2) is 18.0 Å². The summed E-state index contributed by atoms with van der Waals surface area (Å²) in [4.78, 5) is 2.68. The van der Waals surface area contributed by atoms with Crippen LogP contribution in [0.3, 0.4) is 0 Å². The van der Waals surface area contributed by atoms with Gasteiger partial charge in [-0.25, -0.2) is 0 Å². The monoisotopic (exact) mass is 197 g/mol. The Morgan fingerprint density at radius 2 is 1.92 bits per heavy atom. The van der Waals surface area contributed by atoms with E-state index >= 15 is 0 Å². The summed E-state index contributed by atoms with van der Waals surface area (Å²) in [6, 6.07) is 6.87. The number of H-pyrrole nitrogens is 1. The highest BCUT2D eigenvalue weighted by atomic mass is 32.2. The number of benzene rings is 1. The lowest BCUT2D eigenvalue weighted by Crippen LogP contribution is -1.95. The lowest BCUT2D eigenvalue weighted by Gasteiger charge is -1.92. The molecule has 0 aliphatic heterocycles. The van der Waals surface area contributed by atoms with Crippen molar-refractivity contribution >= 4 is 21.0 Å². The summed E-state index contributed by atoms with van der Waals surface area (Å²) in [5.74, 6) is 0. The molecule has 2 N–H and O–H groups in total. The van der Waals surface area contributed by atoms with Crippen molar-refractivity contribution in [3.8, 4) is 0 Å². The fraction of sp³-hybridized carbons (Fsp3) is 0.